The summed E-state index contributed by atoms with van der Waals surface area (Å²) in [6.07, 6.45) is 1.48. The standard InChI is InChI=1S/C28H27NO7/c1-15(2)18-12-19(16(3)10-22(18)33-4)26(30)24-25(21-6-5-9-34-21)29(28(32)27(24)31)13-17-7-8-20-23(11-17)36-14-35-20/h5-12,15,25,30H,13-14H2,1-4H3/b26-24+. The summed E-state index contributed by atoms with van der Waals surface area (Å²) in [7, 11) is 1.60. The van der Waals surface area contributed by atoms with Crippen LogP contribution in [0.1, 0.15) is 53.8 Å². The van der Waals surface area contributed by atoms with Crippen LogP contribution in [0.2, 0.25) is 0 Å². The van der Waals surface area contributed by atoms with Gasteiger partial charge in [-0.1, -0.05) is 19.9 Å². The second-order valence-corrected chi connectivity index (χ2v) is 9.19. The Balaban J connectivity index is 1.62. The van der Waals surface area contributed by atoms with Gasteiger partial charge >= 0.3 is 0 Å². The van der Waals surface area contributed by atoms with Crippen molar-refractivity contribution in [3.05, 3.63) is 82.3 Å². The third kappa shape index (κ3) is 3.88. The molecule has 3 heterocycles. The molecule has 1 unspecified atom stereocenters. The minimum absolute atomic E-state index is 0.0151. The summed E-state index contributed by atoms with van der Waals surface area (Å²) in [6.45, 7) is 6.11. The Morgan fingerprint density at radius 3 is 2.61 bits per heavy atom. The summed E-state index contributed by atoms with van der Waals surface area (Å²) in [5.74, 6) is 0.665. The van der Waals surface area contributed by atoms with Crippen LogP contribution in [0.15, 0.2) is 58.7 Å². The third-order valence-electron chi connectivity index (χ3n) is 6.60. The van der Waals surface area contributed by atoms with Crippen molar-refractivity contribution in [3.63, 3.8) is 0 Å². The molecule has 0 aliphatic carbocycles. The zero-order chi connectivity index (χ0) is 25.6. The number of aliphatic hydroxyl groups is 1. The number of hydrogen-bond acceptors (Lipinski definition) is 7. The Bertz CT molecular complexity index is 1370. The van der Waals surface area contributed by atoms with E-state index < -0.39 is 17.7 Å². The van der Waals surface area contributed by atoms with E-state index in [4.69, 9.17) is 18.6 Å². The van der Waals surface area contributed by atoms with Crippen LogP contribution in [0.25, 0.3) is 5.76 Å². The van der Waals surface area contributed by atoms with Crippen molar-refractivity contribution in [2.45, 2.75) is 39.3 Å². The number of ketones is 1. The van der Waals surface area contributed by atoms with Gasteiger partial charge in [0.05, 0.1) is 18.9 Å². The average Bonchev–Trinajstić information content (AvgIpc) is 3.60. The highest BCUT2D eigenvalue weighted by Gasteiger charge is 2.47. The fourth-order valence-corrected chi connectivity index (χ4v) is 4.75. The van der Waals surface area contributed by atoms with Crippen LogP contribution in [0.3, 0.4) is 0 Å². The minimum atomic E-state index is -0.894. The van der Waals surface area contributed by atoms with Gasteiger partial charge in [0.25, 0.3) is 11.7 Å². The molecule has 0 saturated carbocycles. The molecule has 2 aromatic carbocycles. The van der Waals surface area contributed by atoms with Crippen molar-refractivity contribution in [1.82, 2.24) is 4.90 Å². The molecule has 1 saturated heterocycles. The molecule has 0 bridgehead atoms. The number of aliphatic hydroxyl groups excluding tert-OH is 1. The summed E-state index contributed by atoms with van der Waals surface area (Å²) in [6, 6.07) is 11.5. The maximum Gasteiger partial charge on any atom is 0.296 e. The number of furan rings is 1. The Kier molecular flexibility index (Phi) is 5.96. The van der Waals surface area contributed by atoms with Gasteiger partial charge in [0.15, 0.2) is 11.5 Å². The third-order valence-corrected chi connectivity index (χ3v) is 6.60. The number of rotatable bonds is 6. The van der Waals surface area contributed by atoms with Crippen LogP contribution in [-0.4, -0.2) is 35.6 Å². The van der Waals surface area contributed by atoms with Gasteiger partial charge in [-0.25, -0.2) is 0 Å². The topological polar surface area (TPSA) is 98.4 Å². The number of carbonyl (C=O) groups is 2. The van der Waals surface area contributed by atoms with E-state index in [9.17, 15) is 14.7 Å². The van der Waals surface area contributed by atoms with Crippen LogP contribution in [0.5, 0.6) is 17.2 Å². The molecule has 1 atom stereocenters. The van der Waals surface area contributed by atoms with E-state index in [-0.39, 0.29) is 30.6 Å². The predicted molar refractivity (Wildman–Crippen MR) is 131 cm³/mol. The Morgan fingerprint density at radius 1 is 1.14 bits per heavy atom. The van der Waals surface area contributed by atoms with Crippen molar-refractivity contribution in [3.8, 4) is 17.2 Å². The number of Topliss-reactive ketones (excluding diaryl/α,β-unsaturated/α-hetero) is 1. The van der Waals surface area contributed by atoms with Crippen LogP contribution in [-0.2, 0) is 16.1 Å². The highest BCUT2D eigenvalue weighted by atomic mass is 16.7. The molecule has 1 fully saturated rings. The molecule has 2 aliphatic rings. The molecule has 36 heavy (non-hydrogen) atoms. The van der Waals surface area contributed by atoms with E-state index >= 15 is 0 Å². The largest absolute Gasteiger partial charge is 0.507 e. The van der Waals surface area contributed by atoms with Crippen molar-refractivity contribution in [2.75, 3.05) is 13.9 Å². The molecular weight excluding hydrogens is 462 g/mol. The summed E-state index contributed by atoms with van der Waals surface area (Å²) in [4.78, 5) is 28.0. The Labute approximate surface area is 208 Å². The van der Waals surface area contributed by atoms with Crippen molar-refractivity contribution in [1.29, 1.82) is 0 Å². The van der Waals surface area contributed by atoms with Crippen LogP contribution in [0, 0.1) is 6.92 Å². The molecule has 0 radical (unpaired) electrons. The predicted octanol–water partition coefficient (Wildman–Crippen LogP) is 5.07. The SMILES string of the molecule is COc1cc(C)c(/C(O)=C2\C(=O)C(=O)N(Cc3ccc4c(c3)OCO4)C2c2ccco2)cc1C(C)C. The van der Waals surface area contributed by atoms with E-state index in [2.05, 4.69) is 0 Å². The minimum Gasteiger partial charge on any atom is -0.507 e. The first-order valence-corrected chi connectivity index (χ1v) is 11.7. The molecule has 1 aromatic heterocycles. The first-order valence-electron chi connectivity index (χ1n) is 11.7. The number of likely N-dealkylation sites (tertiary alicyclic amines) is 1. The number of amides is 1. The Morgan fingerprint density at radius 2 is 1.92 bits per heavy atom. The summed E-state index contributed by atoms with van der Waals surface area (Å²) < 4.78 is 22.0. The van der Waals surface area contributed by atoms with Gasteiger partial charge in [-0.05, 0) is 65.9 Å². The fourth-order valence-electron chi connectivity index (χ4n) is 4.75. The van der Waals surface area contributed by atoms with E-state index in [0.29, 0.717) is 34.1 Å². The summed E-state index contributed by atoms with van der Waals surface area (Å²) >= 11 is 0. The van der Waals surface area contributed by atoms with E-state index in [1.54, 1.807) is 31.4 Å². The maximum absolute atomic E-state index is 13.3. The zero-order valence-electron chi connectivity index (χ0n) is 20.5. The number of fused-ring (bicyclic) bond motifs is 1. The molecule has 0 spiro atoms. The van der Waals surface area contributed by atoms with Gasteiger partial charge < -0.3 is 28.6 Å². The lowest BCUT2D eigenvalue weighted by atomic mass is 9.92. The van der Waals surface area contributed by atoms with E-state index in [1.807, 2.05) is 39.0 Å². The van der Waals surface area contributed by atoms with Gasteiger partial charge in [-0.2, -0.15) is 0 Å². The monoisotopic (exact) mass is 489 g/mol. The first-order chi connectivity index (χ1) is 17.3. The fraction of sp³-hybridized carbons (Fsp3) is 0.286. The number of ether oxygens (including phenoxy) is 3. The molecule has 1 N–H and O–H groups in total. The van der Waals surface area contributed by atoms with Gasteiger partial charge in [-0.3, -0.25) is 9.59 Å². The summed E-state index contributed by atoms with van der Waals surface area (Å²) in [5.41, 5.74) is 2.80. The number of nitrogens with zero attached hydrogens (tertiary/aromatic N) is 1. The molecule has 186 valence electrons. The quantitative estimate of drug-likeness (QED) is 0.293. The number of hydrogen-bond donors (Lipinski definition) is 1. The molecule has 8 nitrogen and oxygen atoms in total. The van der Waals surface area contributed by atoms with Crippen LogP contribution in [0.4, 0.5) is 0 Å². The number of benzene rings is 2. The van der Waals surface area contributed by atoms with Crippen molar-refractivity contribution in [2.24, 2.45) is 0 Å². The molecule has 2 aliphatic heterocycles. The highest BCUT2D eigenvalue weighted by Crippen LogP contribution is 2.43. The molecular formula is C28H27NO7. The lowest BCUT2D eigenvalue weighted by molar-refractivity contribution is -0.140. The van der Waals surface area contributed by atoms with Crippen molar-refractivity contribution >= 4 is 17.4 Å². The average molecular weight is 490 g/mol. The van der Waals surface area contributed by atoms with Crippen LogP contribution >= 0.6 is 0 Å². The normalized spacial score (nSPS) is 18.4. The second kappa shape index (κ2) is 9.11. The van der Waals surface area contributed by atoms with Gasteiger partial charge in [0.1, 0.15) is 23.3 Å². The number of aryl methyl sites for hydroxylation is 1. The van der Waals surface area contributed by atoms with Gasteiger partial charge in [0.2, 0.25) is 6.79 Å². The second-order valence-electron chi connectivity index (χ2n) is 9.19. The van der Waals surface area contributed by atoms with Crippen LogP contribution < -0.4 is 14.2 Å². The number of carbonyl (C=O) groups excluding carboxylic acids is 2. The van der Waals surface area contributed by atoms with E-state index in [1.165, 1.54) is 11.2 Å². The summed E-state index contributed by atoms with van der Waals surface area (Å²) in [5, 5.41) is 11.5. The van der Waals surface area contributed by atoms with E-state index in [0.717, 1.165) is 11.1 Å². The van der Waals surface area contributed by atoms with Crippen molar-refractivity contribution < 1.29 is 33.3 Å². The molecule has 3 aromatic rings. The molecule has 1 amide bonds. The Hall–Kier alpha value is -4.20. The lowest BCUT2D eigenvalue weighted by Gasteiger charge is -2.24. The zero-order valence-corrected chi connectivity index (χ0v) is 20.5. The highest BCUT2D eigenvalue weighted by molar-refractivity contribution is 6.46. The smallest absolute Gasteiger partial charge is 0.296 e. The maximum atomic E-state index is 13.3. The molecule has 8 heteroatoms. The molecule has 5 rings (SSSR count). The lowest BCUT2D eigenvalue weighted by Crippen LogP contribution is -2.29. The number of methoxy groups -OCH3 is 1. The van der Waals surface area contributed by atoms with Gasteiger partial charge in [0, 0.05) is 12.1 Å². The van der Waals surface area contributed by atoms with Gasteiger partial charge in [-0.15, -0.1) is 0 Å². The first kappa shape index (κ1) is 23.5.